The standard InChI is InChI=1S/C22H26ClN3O2.ClH/c1-26(18-5-3-2-4-6-18)22(28)19-12-11-17(13-20(19)23)25-21(27)16-9-7-15(14-24)8-10-16;/h7-13,18H,2-6,14,24H2,1H3,(H,25,27);1H. The van der Waals surface area contributed by atoms with Gasteiger partial charge in [-0.2, -0.15) is 0 Å². The topological polar surface area (TPSA) is 75.4 Å². The Labute approximate surface area is 183 Å². The number of carbonyl (C=O) groups is 2. The molecule has 0 unspecified atom stereocenters. The molecule has 2 aromatic rings. The lowest BCUT2D eigenvalue weighted by Crippen LogP contribution is -2.38. The van der Waals surface area contributed by atoms with Crippen molar-refractivity contribution in [2.75, 3.05) is 12.4 Å². The summed E-state index contributed by atoms with van der Waals surface area (Å²) < 4.78 is 0. The fourth-order valence-electron chi connectivity index (χ4n) is 3.59. The van der Waals surface area contributed by atoms with Crippen LogP contribution in [0.2, 0.25) is 5.02 Å². The van der Waals surface area contributed by atoms with Gasteiger partial charge in [0.2, 0.25) is 0 Å². The van der Waals surface area contributed by atoms with E-state index in [0.717, 1.165) is 31.2 Å². The summed E-state index contributed by atoms with van der Waals surface area (Å²) in [6.07, 6.45) is 5.64. The molecule has 0 heterocycles. The summed E-state index contributed by atoms with van der Waals surface area (Å²) in [5, 5.41) is 3.15. The SMILES string of the molecule is CN(C(=O)c1ccc(NC(=O)c2ccc(CN)cc2)cc1Cl)C1CCCCC1.Cl. The van der Waals surface area contributed by atoms with Crippen LogP contribution in [0.15, 0.2) is 42.5 Å². The Morgan fingerprint density at radius 1 is 1.10 bits per heavy atom. The van der Waals surface area contributed by atoms with E-state index in [9.17, 15) is 9.59 Å². The predicted molar refractivity (Wildman–Crippen MR) is 120 cm³/mol. The zero-order valence-electron chi connectivity index (χ0n) is 16.5. The van der Waals surface area contributed by atoms with E-state index >= 15 is 0 Å². The van der Waals surface area contributed by atoms with Crippen LogP contribution in [0, 0.1) is 0 Å². The van der Waals surface area contributed by atoms with Gasteiger partial charge in [0.05, 0.1) is 10.6 Å². The summed E-state index contributed by atoms with van der Waals surface area (Å²) in [6.45, 7) is 0.433. The van der Waals surface area contributed by atoms with Crippen molar-refractivity contribution >= 4 is 41.5 Å². The molecule has 156 valence electrons. The maximum absolute atomic E-state index is 12.8. The molecule has 3 N–H and O–H groups in total. The lowest BCUT2D eigenvalue weighted by atomic mass is 9.94. The highest BCUT2D eigenvalue weighted by molar-refractivity contribution is 6.34. The lowest BCUT2D eigenvalue weighted by molar-refractivity contribution is 0.0696. The molecule has 1 aliphatic rings. The van der Waals surface area contributed by atoms with Crippen molar-refractivity contribution in [3.63, 3.8) is 0 Å². The van der Waals surface area contributed by atoms with E-state index in [4.69, 9.17) is 17.3 Å². The van der Waals surface area contributed by atoms with Crippen LogP contribution in [0.25, 0.3) is 0 Å². The number of nitrogens with two attached hydrogens (primary N) is 1. The normalized spacial score (nSPS) is 14.0. The number of halogens is 2. The van der Waals surface area contributed by atoms with Crippen LogP contribution in [0.5, 0.6) is 0 Å². The molecule has 0 bridgehead atoms. The van der Waals surface area contributed by atoms with Crippen LogP contribution in [-0.4, -0.2) is 29.8 Å². The molecule has 1 saturated carbocycles. The van der Waals surface area contributed by atoms with Gasteiger partial charge in [0.15, 0.2) is 0 Å². The highest BCUT2D eigenvalue weighted by atomic mass is 35.5. The molecule has 2 aromatic carbocycles. The van der Waals surface area contributed by atoms with Crippen molar-refractivity contribution in [2.24, 2.45) is 5.73 Å². The van der Waals surface area contributed by atoms with Gasteiger partial charge in [0.25, 0.3) is 11.8 Å². The van der Waals surface area contributed by atoms with Gasteiger partial charge in [-0.3, -0.25) is 9.59 Å². The summed E-state index contributed by atoms with van der Waals surface area (Å²) in [6, 6.07) is 12.4. The summed E-state index contributed by atoms with van der Waals surface area (Å²) in [5.41, 5.74) is 8.08. The first-order valence-corrected chi connectivity index (χ1v) is 10.0. The second kappa shape index (κ2) is 10.6. The van der Waals surface area contributed by atoms with E-state index in [-0.39, 0.29) is 30.3 Å². The number of amides is 2. The monoisotopic (exact) mass is 435 g/mol. The Kier molecular flexibility index (Phi) is 8.50. The number of nitrogens with one attached hydrogen (secondary N) is 1. The number of anilines is 1. The Hall–Kier alpha value is -2.08. The van der Waals surface area contributed by atoms with Gasteiger partial charge in [-0.05, 0) is 48.7 Å². The molecule has 1 aliphatic carbocycles. The molecule has 0 radical (unpaired) electrons. The number of hydrogen-bond acceptors (Lipinski definition) is 3. The first-order chi connectivity index (χ1) is 13.5. The van der Waals surface area contributed by atoms with Gasteiger partial charge in [-0.15, -0.1) is 12.4 Å². The maximum Gasteiger partial charge on any atom is 0.255 e. The van der Waals surface area contributed by atoms with Crippen LogP contribution in [0.1, 0.15) is 58.4 Å². The first-order valence-electron chi connectivity index (χ1n) is 9.66. The molecule has 3 rings (SSSR count). The van der Waals surface area contributed by atoms with Crippen LogP contribution in [0.3, 0.4) is 0 Å². The van der Waals surface area contributed by atoms with Crippen LogP contribution in [-0.2, 0) is 6.54 Å². The Morgan fingerprint density at radius 3 is 2.34 bits per heavy atom. The molecular formula is C22H27Cl2N3O2. The van der Waals surface area contributed by atoms with Gasteiger partial charge < -0.3 is 16.0 Å². The van der Waals surface area contributed by atoms with Gasteiger partial charge in [-0.1, -0.05) is 43.0 Å². The third-order valence-electron chi connectivity index (χ3n) is 5.35. The minimum absolute atomic E-state index is 0. The summed E-state index contributed by atoms with van der Waals surface area (Å²) in [4.78, 5) is 27.0. The summed E-state index contributed by atoms with van der Waals surface area (Å²) in [5.74, 6) is -0.315. The van der Waals surface area contributed by atoms with Crippen molar-refractivity contribution < 1.29 is 9.59 Å². The molecule has 0 aliphatic heterocycles. The van der Waals surface area contributed by atoms with Crippen molar-refractivity contribution in [2.45, 2.75) is 44.7 Å². The van der Waals surface area contributed by atoms with Gasteiger partial charge in [-0.25, -0.2) is 0 Å². The maximum atomic E-state index is 12.8. The number of hydrogen-bond donors (Lipinski definition) is 2. The Bertz CT molecular complexity index is 850. The zero-order valence-corrected chi connectivity index (χ0v) is 18.1. The molecule has 0 atom stereocenters. The van der Waals surface area contributed by atoms with E-state index in [1.54, 1.807) is 35.2 Å². The molecule has 2 amide bonds. The number of carbonyl (C=O) groups excluding carboxylic acids is 2. The third-order valence-corrected chi connectivity index (χ3v) is 5.66. The van der Waals surface area contributed by atoms with E-state index in [1.807, 2.05) is 19.2 Å². The van der Waals surface area contributed by atoms with E-state index in [1.165, 1.54) is 6.42 Å². The first kappa shape index (κ1) is 23.2. The van der Waals surface area contributed by atoms with Gasteiger partial charge in [0.1, 0.15) is 0 Å². The van der Waals surface area contributed by atoms with E-state index in [2.05, 4.69) is 5.32 Å². The average Bonchev–Trinajstić information content (AvgIpc) is 2.73. The van der Waals surface area contributed by atoms with Crippen molar-refractivity contribution in [3.8, 4) is 0 Å². The molecule has 5 nitrogen and oxygen atoms in total. The van der Waals surface area contributed by atoms with Gasteiger partial charge >= 0.3 is 0 Å². The molecule has 0 saturated heterocycles. The van der Waals surface area contributed by atoms with Gasteiger partial charge in [0, 0.05) is 30.9 Å². The second-order valence-electron chi connectivity index (χ2n) is 7.26. The van der Waals surface area contributed by atoms with Crippen molar-refractivity contribution in [1.29, 1.82) is 0 Å². The third kappa shape index (κ3) is 5.72. The molecule has 0 aromatic heterocycles. The minimum atomic E-state index is -0.238. The molecular weight excluding hydrogens is 409 g/mol. The minimum Gasteiger partial charge on any atom is -0.339 e. The van der Waals surface area contributed by atoms with Crippen molar-refractivity contribution in [3.05, 3.63) is 64.2 Å². The number of rotatable bonds is 5. The smallest absolute Gasteiger partial charge is 0.255 e. The Balaban J connectivity index is 0.00000300. The average molecular weight is 436 g/mol. The molecule has 0 spiro atoms. The van der Waals surface area contributed by atoms with Crippen LogP contribution >= 0.6 is 24.0 Å². The Morgan fingerprint density at radius 2 is 1.76 bits per heavy atom. The highest BCUT2D eigenvalue weighted by Gasteiger charge is 2.24. The fourth-order valence-corrected chi connectivity index (χ4v) is 3.85. The molecule has 7 heteroatoms. The van der Waals surface area contributed by atoms with Crippen LogP contribution in [0.4, 0.5) is 5.69 Å². The highest BCUT2D eigenvalue weighted by Crippen LogP contribution is 2.26. The zero-order chi connectivity index (χ0) is 20.1. The van der Waals surface area contributed by atoms with Crippen LogP contribution < -0.4 is 11.1 Å². The largest absolute Gasteiger partial charge is 0.339 e. The van der Waals surface area contributed by atoms with Crippen molar-refractivity contribution in [1.82, 2.24) is 4.90 Å². The second-order valence-corrected chi connectivity index (χ2v) is 7.66. The fraction of sp³-hybridized carbons (Fsp3) is 0.364. The summed E-state index contributed by atoms with van der Waals surface area (Å²) in [7, 11) is 1.84. The molecule has 29 heavy (non-hydrogen) atoms. The molecule has 1 fully saturated rings. The summed E-state index contributed by atoms with van der Waals surface area (Å²) >= 11 is 6.36. The predicted octanol–water partition coefficient (Wildman–Crippen LogP) is 4.88. The lowest BCUT2D eigenvalue weighted by Gasteiger charge is -2.31. The van der Waals surface area contributed by atoms with E-state index in [0.29, 0.717) is 28.4 Å². The quantitative estimate of drug-likeness (QED) is 0.702. The van der Waals surface area contributed by atoms with E-state index < -0.39 is 0 Å². The number of benzene rings is 2. The number of nitrogens with zero attached hydrogens (tertiary/aromatic N) is 1.